The molecule has 0 aliphatic carbocycles. The fourth-order valence-electron chi connectivity index (χ4n) is 3.27. The molecule has 3 aromatic rings. The smallest absolute Gasteiger partial charge is 0.290 e. The standard InChI is InChI=1S/C21H15FN2O4/c22-15-7-5-14(6-8-15)18-17(19(25)16-4-2-10-28-16)20(26)21(27)24(18)12-13-3-1-9-23-11-13/h1-11,18,26H,12H2/t18-/m1/s1. The number of furan rings is 1. The number of hydrogen-bond acceptors (Lipinski definition) is 5. The van der Waals surface area contributed by atoms with E-state index in [1.54, 1.807) is 30.6 Å². The van der Waals surface area contributed by atoms with Crippen molar-refractivity contribution >= 4 is 11.7 Å². The molecular weight excluding hydrogens is 363 g/mol. The summed E-state index contributed by atoms with van der Waals surface area (Å²) in [5.41, 5.74) is 1.12. The summed E-state index contributed by atoms with van der Waals surface area (Å²) >= 11 is 0. The third-order valence-electron chi connectivity index (χ3n) is 4.55. The number of rotatable bonds is 5. The van der Waals surface area contributed by atoms with Crippen LogP contribution in [0.1, 0.15) is 27.7 Å². The monoisotopic (exact) mass is 378 g/mol. The topological polar surface area (TPSA) is 83.6 Å². The van der Waals surface area contributed by atoms with Crippen LogP contribution in [0.4, 0.5) is 4.39 Å². The van der Waals surface area contributed by atoms with Gasteiger partial charge < -0.3 is 14.4 Å². The molecule has 1 atom stereocenters. The highest BCUT2D eigenvalue weighted by molar-refractivity contribution is 6.14. The van der Waals surface area contributed by atoms with Gasteiger partial charge in [0.2, 0.25) is 5.78 Å². The quantitative estimate of drug-likeness (QED) is 0.686. The molecule has 0 fully saturated rings. The Hall–Kier alpha value is -3.74. The average Bonchev–Trinajstić information content (AvgIpc) is 3.33. The summed E-state index contributed by atoms with van der Waals surface area (Å²) in [6, 6.07) is 11.1. The zero-order chi connectivity index (χ0) is 19.7. The van der Waals surface area contributed by atoms with E-state index in [2.05, 4.69) is 4.98 Å². The molecule has 7 heteroatoms. The molecule has 140 valence electrons. The minimum atomic E-state index is -0.883. The lowest BCUT2D eigenvalue weighted by Gasteiger charge is -2.26. The van der Waals surface area contributed by atoms with E-state index < -0.39 is 29.3 Å². The first kappa shape index (κ1) is 17.7. The number of nitrogens with zero attached hydrogens (tertiary/aromatic N) is 2. The third-order valence-corrected chi connectivity index (χ3v) is 4.55. The van der Waals surface area contributed by atoms with E-state index >= 15 is 0 Å². The van der Waals surface area contributed by atoms with E-state index in [0.29, 0.717) is 5.56 Å². The molecule has 0 saturated carbocycles. The Morgan fingerprint density at radius 2 is 1.96 bits per heavy atom. The summed E-state index contributed by atoms with van der Waals surface area (Å²) in [6.07, 6.45) is 4.54. The number of pyridine rings is 1. The SMILES string of the molecule is O=C(C1=C(O)C(=O)N(Cc2cccnc2)[C@@H]1c1ccc(F)cc1)c1ccco1. The first-order chi connectivity index (χ1) is 13.6. The Balaban J connectivity index is 1.79. The number of aliphatic hydroxyl groups excluding tert-OH is 1. The van der Waals surface area contributed by atoms with E-state index in [4.69, 9.17) is 4.42 Å². The lowest BCUT2D eigenvalue weighted by molar-refractivity contribution is -0.130. The number of benzene rings is 1. The van der Waals surface area contributed by atoms with Gasteiger partial charge in [-0.05, 0) is 41.5 Å². The van der Waals surface area contributed by atoms with E-state index in [-0.39, 0.29) is 17.9 Å². The molecule has 0 spiro atoms. The molecule has 1 N–H and O–H groups in total. The van der Waals surface area contributed by atoms with Gasteiger partial charge in [-0.2, -0.15) is 0 Å². The van der Waals surface area contributed by atoms with E-state index in [1.807, 2.05) is 0 Å². The van der Waals surface area contributed by atoms with Crippen LogP contribution in [0.25, 0.3) is 0 Å². The van der Waals surface area contributed by atoms with Crippen LogP contribution in [0.3, 0.4) is 0 Å². The number of aromatic nitrogens is 1. The highest BCUT2D eigenvalue weighted by Crippen LogP contribution is 2.39. The van der Waals surface area contributed by atoms with Crippen LogP contribution in [0, 0.1) is 5.82 Å². The highest BCUT2D eigenvalue weighted by atomic mass is 19.1. The number of carbonyl (C=O) groups excluding carboxylic acids is 2. The summed E-state index contributed by atoms with van der Waals surface area (Å²) in [5, 5.41) is 10.5. The zero-order valence-electron chi connectivity index (χ0n) is 14.6. The maximum absolute atomic E-state index is 13.4. The van der Waals surface area contributed by atoms with Crippen LogP contribution < -0.4 is 0 Å². The van der Waals surface area contributed by atoms with Crippen molar-refractivity contribution in [3.05, 3.63) is 101 Å². The van der Waals surface area contributed by atoms with E-state index in [9.17, 15) is 19.1 Å². The largest absolute Gasteiger partial charge is 0.503 e. The Labute approximate surface area is 159 Å². The van der Waals surface area contributed by atoms with Gasteiger partial charge >= 0.3 is 0 Å². The lowest BCUT2D eigenvalue weighted by Crippen LogP contribution is -2.30. The van der Waals surface area contributed by atoms with Crippen molar-refractivity contribution < 1.29 is 23.5 Å². The van der Waals surface area contributed by atoms with Gasteiger partial charge in [0, 0.05) is 18.9 Å². The van der Waals surface area contributed by atoms with Gasteiger partial charge in [-0.25, -0.2) is 4.39 Å². The molecule has 1 aromatic carbocycles. The van der Waals surface area contributed by atoms with Crippen LogP contribution in [-0.2, 0) is 11.3 Å². The van der Waals surface area contributed by atoms with Gasteiger partial charge in [0.15, 0.2) is 11.5 Å². The molecule has 0 unspecified atom stereocenters. The van der Waals surface area contributed by atoms with Gasteiger partial charge in [0.25, 0.3) is 5.91 Å². The summed E-state index contributed by atoms with van der Waals surface area (Å²) in [7, 11) is 0. The summed E-state index contributed by atoms with van der Waals surface area (Å²) in [4.78, 5) is 31.1. The number of amides is 1. The number of ketones is 1. The zero-order valence-corrected chi connectivity index (χ0v) is 14.6. The molecule has 0 saturated heterocycles. The molecule has 1 aliphatic rings. The number of carbonyl (C=O) groups is 2. The van der Waals surface area contributed by atoms with Gasteiger partial charge in [0.1, 0.15) is 5.82 Å². The maximum atomic E-state index is 13.4. The summed E-state index contributed by atoms with van der Waals surface area (Å²) < 4.78 is 18.6. The molecule has 0 bridgehead atoms. The normalized spacial score (nSPS) is 16.7. The molecule has 28 heavy (non-hydrogen) atoms. The Bertz CT molecular complexity index is 1040. The summed E-state index contributed by atoms with van der Waals surface area (Å²) in [6.45, 7) is 0.119. The van der Waals surface area contributed by atoms with Crippen LogP contribution >= 0.6 is 0 Å². The van der Waals surface area contributed by atoms with Crippen LogP contribution in [-0.4, -0.2) is 26.7 Å². The van der Waals surface area contributed by atoms with Crippen molar-refractivity contribution in [3.63, 3.8) is 0 Å². The van der Waals surface area contributed by atoms with Gasteiger partial charge in [-0.3, -0.25) is 14.6 Å². The number of Topliss-reactive ketones (excluding diaryl/α,β-unsaturated/α-hetero) is 1. The van der Waals surface area contributed by atoms with Crippen LogP contribution in [0.5, 0.6) is 0 Å². The number of hydrogen-bond donors (Lipinski definition) is 1. The Morgan fingerprint density at radius 1 is 1.18 bits per heavy atom. The van der Waals surface area contributed by atoms with Gasteiger partial charge in [0.05, 0.1) is 17.9 Å². The van der Waals surface area contributed by atoms with E-state index in [0.717, 1.165) is 5.56 Å². The van der Waals surface area contributed by atoms with Gasteiger partial charge in [-0.15, -0.1) is 0 Å². The predicted molar refractivity (Wildman–Crippen MR) is 96.6 cm³/mol. The second-order valence-electron chi connectivity index (χ2n) is 6.32. The second kappa shape index (κ2) is 7.11. The van der Waals surface area contributed by atoms with Gasteiger partial charge in [-0.1, -0.05) is 18.2 Å². The Morgan fingerprint density at radius 3 is 2.61 bits per heavy atom. The Kier molecular flexibility index (Phi) is 4.49. The van der Waals surface area contributed by atoms with Crippen molar-refractivity contribution in [2.45, 2.75) is 12.6 Å². The highest BCUT2D eigenvalue weighted by Gasteiger charge is 2.44. The molecule has 3 heterocycles. The minimum absolute atomic E-state index is 0.00434. The molecule has 2 aromatic heterocycles. The average molecular weight is 378 g/mol. The fraction of sp³-hybridized carbons (Fsp3) is 0.0952. The van der Waals surface area contributed by atoms with Crippen molar-refractivity contribution in [2.75, 3.05) is 0 Å². The number of aliphatic hydroxyl groups is 1. The molecule has 1 aliphatic heterocycles. The minimum Gasteiger partial charge on any atom is -0.503 e. The third kappa shape index (κ3) is 3.07. The van der Waals surface area contributed by atoms with Crippen molar-refractivity contribution in [1.82, 2.24) is 9.88 Å². The second-order valence-corrected chi connectivity index (χ2v) is 6.32. The van der Waals surface area contributed by atoms with Crippen molar-refractivity contribution in [1.29, 1.82) is 0 Å². The molecular formula is C21H15FN2O4. The first-order valence-corrected chi connectivity index (χ1v) is 8.53. The molecule has 1 amide bonds. The molecule has 6 nitrogen and oxygen atoms in total. The first-order valence-electron chi connectivity index (χ1n) is 8.53. The van der Waals surface area contributed by atoms with Crippen LogP contribution in [0.15, 0.2) is 82.9 Å². The van der Waals surface area contributed by atoms with Crippen LogP contribution in [0.2, 0.25) is 0 Å². The predicted octanol–water partition coefficient (Wildman–Crippen LogP) is 3.59. The molecule has 0 radical (unpaired) electrons. The van der Waals surface area contributed by atoms with Crippen molar-refractivity contribution in [2.24, 2.45) is 0 Å². The molecule has 4 rings (SSSR count). The summed E-state index contributed by atoms with van der Waals surface area (Å²) in [5.74, 6) is -2.37. The lowest BCUT2D eigenvalue weighted by atomic mass is 9.95. The van der Waals surface area contributed by atoms with Crippen molar-refractivity contribution in [3.8, 4) is 0 Å². The van der Waals surface area contributed by atoms with E-state index in [1.165, 1.54) is 41.5 Å². The maximum Gasteiger partial charge on any atom is 0.290 e. The number of halogens is 1. The fourth-order valence-corrected chi connectivity index (χ4v) is 3.27.